The Morgan fingerprint density at radius 1 is 0.398 bits per heavy atom. The average Bonchev–Trinajstić information content (AvgIpc) is 1.60. The van der Waals surface area contributed by atoms with Crippen LogP contribution >= 0.6 is 53.7 Å². The molecule has 14 N–H and O–H groups in total. The number of H-pyrrole nitrogens is 3. The summed E-state index contributed by atoms with van der Waals surface area (Å²) in [5.41, 5.74) is 14.9. The number of carbonyl (C=O) groups is 3. The van der Waals surface area contributed by atoms with E-state index in [1.807, 2.05) is 0 Å². The Morgan fingerprint density at radius 2 is 0.767 bits per heavy atom. The second-order valence-corrected chi connectivity index (χ2v) is 45.9. The summed E-state index contributed by atoms with van der Waals surface area (Å²) < 4.78 is 198. The SMILES string of the molecule is Nc1nc2c(ncn2[C@@H]2O[C@@H]3COP(=O)(S)O[C@H]4[C@H](F)[C@H](n5nnc6c5N=CCC6=O)O[C@@H]4COP(O)(=S)O[C@@H]2C3)c(=O)[nH]1.Nc1nc2c(ncn2[C@@H]2O[C@@H]3COP(O)(=S)O[C@H]4[C@H](F)[C@H](n5cnc6c5N=CCC6=O)O[C@@H]4COP(=O)(O)O[C@@H]2C3)c(=O)[nH]1.Nc1nc2c(ncn2[C@@H]2O[C@@H]3COP(O)(=S)O[C@H]4[C@H](F)[C@H](n5cnc6c5N=CCC6=O)O[C@@H]4COP(O)(=S)O[C@@H]2[C@@H]3F)c(=O)[nH]1. The fourth-order valence-corrected chi connectivity index (χ4v) is 24.1. The van der Waals surface area contributed by atoms with Crippen molar-refractivity contribution in [1.29, 1.82) is 0 Å². The van der Waals surface area contributed by atoms with E-state index in [-0.39, 0.29) is 142 Å². The molecule has 9 aromatic rings. The number of anilines is 3. The van der Waals surface area contributed by atoms with Gasteiger partial charge in [0.05, 0.1) is 83.5 Å². The highest BCUT2D eigenvalue weighted by atomic mass is 32.7. The largest absolute Gasteiger partial charge is 0.472 e. The van der Waals surface area contributed by atoms with Crippen molar-refractivity contribution in [1.82, 2.24) is 92.7 Å². The van der Waals surface area contributed by atoms with Crippen LogP contribution in [0.4, 0.5) is 52.9 Å². The summed E-state index contributed by atoms with van der Waals surface area (Å²) in [6, 6.07) is 0. The smallest absolute Gasteiger partial charge is 0.369 e. The van der Waals surface area contributed by atoms with Crippen LogP contribution in [-0.4, -0.2) is 291 Å². The van der Waals surface area contributed by atoms with E-state index in [2.05, 4.69) is 92.4 Å². The van der Waals surface area contributed by atoms with Crippen LogP contribution in [0.1, 0.15) is 101 Å². The molecule has 0 aromatic carbocycles. The summed E-state index contributed by atoms with van der Waals surface area (Å²) >= 11 is 24.7. The number of hydrogen-bond acceptors (Lipinski definition) is 46. The third-order valence-electron chi connectivity index (χ3n) is 21.8. The van der Waals surface area contributed by atoms with Crippen molar-refractivity contribution in [3.63, 3.8) is 0 Å². The van der Waals surface area contributed by atoms with Gasteiger partial charge in [0.1, 0.15) is 61.0 Å². The second kappa shape index (κ2) is 36.2. The number of ether oxygens (including phenoxy) is 6. The molecule has 714 valence electrons. The number of nitrogens with zero attached hydrogens (tertiary/aromatic N) is 19. The number of carbonyl (C=O) groups excluding carboxylic acids is 3. The number of nitrogens with one attached hydrogen (secondary N) is 3. The molecule has 21 heterocycles. The molecule has 0 aliphatic carbocycles. The number of aromatic nitrogens is 19. The van der Waals surface area contributed by atoms with Crippen LogP contribution in [0.3, 0.4) is 0 Å². The van der Waals surface area contributed by atoms with Gasteiger partial charge in [-0.05, 0) is 47.2 Å². The van der Waals surface area contributed by atoms with Crippen LogP contribution in [0.25, 0.3) is 33.5 Å². The monoisotopic (exact) mass is 2080 g/mol. The van der Waals surface area contributed by atoms with Gasteiger partial charge in [0.2, 0.25) is 17.8 Å². The predicted molar refractivity (Wildman–Crippen MR) is 453 cm³/mol. The number of aliphatic imine (C=N–C) groups is 3. The number of halogens is 4. The number of fused-ring (bicyclic) bond motifs is 15. The number of rotatable bonds is 6. The van der Waals surface area contributed by atoms with Gasteiger partial charge in [-0.2, -0.15) is 19.6 Å². The van der Waals surface area contributed by atoms with Crippen molar-refractivity contribution in [2.75, 3.05) is 56.8 Å². The molecule has 56 nitrogen and oxygen atoms in total. The average molecular weight is 2080 g/mol. The summed E-state index contributed by atoms with van der Waals surface area (Å²) in [6.45, 7) is -24.8. The summed E-state index contributed by atoms with van der Waals surface area (Å²) in [5.74, 6) is -1.61. The number of hydrogen-bond donors (Lipinski definition) is 12. The van der Waals surface area contributed by atoms with Gasteiger partial charge in [-0.15, -0.1) is 5.10 Å². The Bertz CT molecular complexity index is 6530. The minimum Gasteiger partial charge on any atom is -0.369 e. The first-order valence-corrected chi connectivity index (χ1v) is 53.5. The second-order valence-electron chi connectivity index (χ2n) is 30.5. The maximum absolute atomic E-state index is 16.0. The zero-order chi connectivity index (χ0) is 93.8. The first-order chi connectivity index (χ1) is 63.1. The van der Waals surface area contributed by atoms with Gasteiger partial charge in [0.25, 0.3) is 16.7 Å². The van der Waals surface area contributed by atoms with Crippen LogP contribution in [0.15, 0.2) is 61.0 Å². The van der Waals surface area contributed by atoms with Crippen LogP contribution in [0, 0.1) is 0 Å². The summed E-state index contributed by atoms with van der Waals surface area (Å²) in [4.78, 5) is 180. The van der Waals surface area contributed by atoms with E-state index in [9.17, 15) is 62.4 Å². The highest BCUT2D eigenvalue weighted by Gasteiger charge is 2.58. The van der Waals surface area contributed by atoms with Gasteiger partial charge in [0, 0.05) is 50.7 Å². The molecule has 71 heteroatoms. The molecule has 9 fully saturated rings. The van der Waals surface area contributed by atoms with Crippen LogP contribution < -0.4 is 33.9 Å². The first-order valence-electron chi connectivity index (χ1n) is 39.0. The lowest BCUT2D eigenvalue weighted by atomic mass is 10.1. The Kier molecular flexibility index (Phi) is 25.7. The maximum atomic E-state index is 16.0. The third-order valence-corrected chi connectivity index (χ3v) is 30.7. The Labute approximate surface area is 761 Å². The van der Waals surface area contributed by atoms with Crippen LogP contribution in [-0.2, 0) is 139 Å². The summed E-state index contributed by atoms with van der Waals surface area (Å²) in [7, 11) is -4.92. The predicted octanol–water partition coefficient (Wildman–Crippen LogP) is 2.03. The number of thiol groups is 1. The highest BCUT2D eigenvalue weighted by molar-refractivity contribution is 8.44. The molecule has 6 bridgehead atoms. The van der Waals surface area contributed by atoms with E-state index in [0.29, 0.717) is 0 Å². The van der Waals surface area contributed by atoms with Crippen LogP contribution in [0.5, 0.6) is 0 Å². The fraction of sp³-hybridized carbons (Fsp3) is 0.532. The molecule has 9 saturated heterocycles. The minimum absolute atomic E-state index is 0.00620. The lowest BCUT2D eigenvalue weighted by molar-refractivity contribution is -0.0644. The van der Waals surface area contributed by atoms with Crippen molar-refractivity contribution >= 4 is 206 Å². The Morgan fingerprint density at radius 3 is 1.25 bits per heavy atom. The zero-order valence-corrected chi connectivity index (χ0v) is 76.0. The summed E-state index contributed by atoms with van der Waals surface area (Å²) in [5, 5.41) is 7.61. The van der Waals surface area contributed by atoms with Gasteiger partial charge in [-0.3, -0.25) is 98.2 Å². The van der Waals surface area contributed by atoms with Gasteiger partial charge >= 0.3 is 41.5 Å². The molecule has 12 aliphatic heterocycles. The van der Waals surface area contributed by atoms with E-state index in [0.717, 1.165) is 21.9 Å². The topological polar surface area (TPSA) is 725 Å². The van der Waals surface area contributed by atoms with E-state index in [1.54, 1.807) is 0 Å². The van der Waals surface area contributed by atoms with E-state index in [4.69, 9.17) is 147 Å². The Balaban J connectivity index is 0.000000129. The number of phosphoric ester groups is 1. The van der Waals surface area contributed by atoms with Gasteiger partial charge in [-0.1, -0.05) is 17.5 Å². The molecule has 0 saturated carbocycles. The lowest BCUT2D eigenvalue weighted by Gasteiger charge is -2.27. The van der Waals surface area contributed by atoms with Gasteiger partial charge in [0.15, 0.2) is 147 Å². The van der Waals surface area contributed by atoms with E-state index < -0.39 is 227 Å². The summed E-state index contributed by atoms with van der Waals surface area (Å²) in [6.07, 6.45) is -22.7. The number of Topliss-reactive ketones (excluding diaryl/α,β-unsaturated/α-hetero) is 3. The molecule has 12 aliphatic rings. The Hall–Kier alpha value is -7.76. The number of nitrogens with two attached hydrogens (primary N) is 3. The molecule has 21 rings (SSSR count). The standard InChI is InChI=1S/C21H22F2N8O10P2S2.C21H23FN8O11P2S.C20H22FN9O10P2S2/c22-10-8-3-36-42(34,44)40-14-9(39-19(11(14)23)30-5-26-12-7(32)1-2-25-16(12)30)4-37-43(35,45)41-15(10)20(38-8)31-6-27-13-17(31)28-21(24)29-18(13)33;22-12-15-11(39-20(12)29-6-25-13-9(31)1-2-24-16(13)29)5-36-42(33,34)40-10-3-8(4-37-43(35,44)41-15)38-19(10)30-7-26-14-17(30)27-21(23)28-18(14)32;21-11-14-10(38-19(11)30-15-12(27-28-30)8(31)1-2-23-15)5-36-41(33,43)39-9-3-7(4-35-42(34,44)40-14)37-18(9)29-6-24-13-16(29)25-20(22)26-17(13)32/h2,5-6,8-11,14-15,19-20H,1,3-4H2,(H,34,44)(H,35,45)(H3,24,28,29,33);2,6-8,10-12,15,19-20H,1,3-5H2,(H,33,34)(H,35,44)(H3,23,27,28,32);2,6-7,9-11,14,18-19H,1,3-5H2,(H,33,43)(H,34,44)(H3,22,25,26,32)/t8-,9-,10-,11+,14-,15-,19-,20-,42?,43?;8-,10+,11+,12-,15+,19+,20+,43?;7-,9+,10+,11-,14+,18+,19+,41?,42?/m100/s1. The number of nitrogen functional groups attached to an aromatic ring is 3. The van der Waals surface area contributed by atoms with Crippen molar-refractivity contribution in [3.05, 3.63) is 79.8 Å². The number of ketones is 3. The lowest BCUT2D eigenvalue weighted by Crippen LogP contribution is -2.34. The maximum Gasteiger partial charge on any atom is 0.472 e. The van der Waals surface area contributed by atoms with E-state index >= 15 is 17.6 Å². The number of alkyl halides is 4. The van der Waals surface area contributed by atoms with E-state index in [1.165, 1.54) is 55.9 Å². The number of imidazole rings is 5. The van der Waals surface area contributed by atoms with Crippen LogP contribution in [0.2, 0.25) is 0 Å². The van der Waals surface area contributed by atoms with Crippen molar-refractivity contribution < 1.29 is 148 Å². The highest BCUT2D eigenvalue weighted by Crippen LogP contribution is 2.61. The number of aromatic amines is 3. The van der Waals surface area contributed by atoms with Gasteiger partial charge in [-0.25, -0.2) is 66.6 Å². The zero-order valence-electron chi connectivity index (χ0n) is 66.5. The molecule has 6 unspecified atom stereocenters. The molecule has 28 atom stereocenters. The first kappa shape index (κ1) is 94.2. The molecular formula is C62H67F4N25O31P6S5. The minimum atomic E-state index is -4.92. The quantitative estimate of drug-likeness (QED) is 0.0644. The van der Waals surface area contributed by atoms with Crippen molar-refractivity contribution in [3.8, 4) is 0 Å². The fourth-order valence-electron chi connectivity index (χ4n) is 16.0. The van der Waals surface area contributed by atoms with Gasteiger partial charge < -0.3 is 92.7 Å². The molecule has 0 amide bonds. The van der Waals surface area contributed by atoms with Crippen molar-refractivity contribution in [2.45, 2.75) is 167 Å². The molecule has 9 aromatic heterocycles. The molecule has 0 spiro atoms. The van der Waals surface area contributed by atoms with Crippen molar-refractivity contribution in [2.24, 2.45) is 15.0 Å². The molecule has 0 radical (unpaired) electrons. The number of phosphoric acid groups is 1. The normalized spacial score (nSPS) is 38.1. The third kappa shape index (κ3) is 18.8. The molecule has 133 heavy (non-hydrogen) atoms. The molecular weight excluding hydrogens is 2010 g/mol.